The number of methoxy groups -OCH3 is 1. The van der Waals surface area contributed by atoms with Crippen LogP contribution in [0.3, 0.4) is 0 Å². The van der Waals surface area contributed by atoms with Crippen molar-refractivity contribution in [2.45, 2.75) is 114 Å². The molecule has 2 spiro atoms. The van der Waals surface area contributed by atoms with Gasteiger partial charge in [0.15, 0.2) is 11.5 Å². The highest BCUT2D eigenvalue weighted by molar-refractivity contribution is 5.63. The van der Waals surface area contributed by atoms with Gasteiger partial charge in [-0.05, 0) is 87.8 Å². The zero-order valence-corrected chi connectivity index (χ0v) is 22.9. The average molecular weight is 496 g/mol. The molecule has 2 N–H and O–H groups in total. The van der Waals surface area contributed by atoms with Gasteiger partial charge in [0.25, 0.3) is 0 Å². The molecule has 5 fully saturated rings. The quantitative estimate of drug-likeness (QED) is 0.602. The van der Waals surface area contributed by atoms with Crippen LogP contribution >= 0.6 is 0 Å². The summed E-state index contributed by atoms with van der Waals surface area (Å²) in [6.45, 7) is 10.9. The van der Waals surface area contributed by atoms with Crippen LogP contribution in [0.15, 0.2) is 12.1 Å². The third-order valence-electron chi connectivity index (χ3n) is 12.3. The van der Waals surface area contributed by atoms with Gasteiger partial charge >= 0.3 is 0 Å². The van der Waals surface area contributed by atoms with E-state index in [1.54, 1.807) is 0 Å². The maximum absolute atomic E-state index is 12.3. The normalized spacial score (nSPS) is 42.8. The van der Waals surface area contributed by atoms with Crippen molar-refractivity contribution in [1.82, 2.24) is 4.90 Å². The van der Waals surface area contributed by atoms with Crippen LogP contribution in [-0.4, -0.2) is 58.7 Å². The molecular weight excluding hydrogens is 450 g/mol. The Morgan fingerprint density at radius 3 is 2.58 bits per heavy atom. The molecule has 1 aromatic carbocycles. The summed E-state index contributed by atoms with van der Waals surface area (Å²) in [7, 11) is 1.84. The Balaban J connectivity index is 1.50. The van der Waals surface area contributed by atoms with Gasteiger partial charge in [0.1, 0.15) is 11.7 Å². The number of benzene rings is 1. The summed E-state index contributed by atoms with van der Waals surface area (Å²) in [5.74, 6) is 1.80. The van der Waals surface area contributed by atoms with Gasteiger partial charge < -0.3 is 19.7 Å². The third-order valence-corrected chi connectivity index (χ3v) is 12.3. The molecule has 7 aliphatic rings. The molecule has 5 nitrogen and oxygen atoms in total. The molecule has 7 atom stereocenters. The van der Waals surface area contributed by atoms with Crippen molar-refractivity contribution in [3.8, 4) is 11.5 Å². The van der Waals surface area contributed by atoms with Crippen molar-refractivity contribution in [3.63, 3.8) is 0 Å². The number of aromatic hydroxyl groups is 1. The van der Waals surface area contributed by atoms with Crippen LogP contribution in [0.25, 0.3) is 0 Å². The summed E-state index contributed by atoms with van der Waals surface area (Å²) >= 11 is 0. The number of ether oxygens (including phenoxy) is 2. The monoisotopic (exact) mass is 495 g/mol. The molecule has 0 radical (unpaired) electrons. The minimum Gasteiger partial charge on any atom is -0.504 e. The van der Waals surface area contributed by atoms with E-state index in [1.807, 2.05) is 20.1 Å². The van der Waals surface area contributed by atoms with Gasteiger partial charge in [-0.3, -0.25) is 4.90 Å². The predicted octanol–water partition coefficient (Wildman–Crippen LogP) is 5.19. The largest absolute Gasteiger partial charge is 0.504 e. The molecule has 4 bridgehead atoms. The second-order valence-corrected chi connectivity index (χ2v) is 14.5. The van der Waals surface area contributed by atoms with Gasteiger partial charge in [0, 0.05) is 42.0 Å². The Hall–Kier alpha value is -1.30. The van der Waals surface area contributed by atoms with Crippen molar-refractivity contribution in [1.29, 1.82) is 0 Å². The molecule has 1 unspecified atom stereocenters. The summed E-state index contributed by atoms with van der Waals surface area (Å²) in [6.07, 6.45) is 10.0. The molecule has 4 saturated carbocycles. The van der Waals surface area contributed by atoms with E-state index in [4.69, 9.17) is 9.47 Å². The number of rotatable bonds is 4. The molecule has 0 aromatic heterocycles. The van der Waals surface area contributed by atoms with E-state index in [2.05, 4.69) is 31.7 Å². The van der Waals surface area contributed by atoms with Crippen molar-refractivity contribution >= 4 is 0 Å². The smallest absolute Gasteiger partial charge is 0.165 e. The number of aliphatic hydroxyl groups is 1. The predicted molar refractivity (Wildman–Crippen MR) is 139 cm³/mol. The lowest BCUT2D eigenvalue weighted by molar-refractivity contribution is -0.306. The molecule has 36 heavy (non-hydrogen) atoms. The number of hydrogen-bond donors (Lipinski definition) is 2. The molecule has 0 amide bonds. The topological polar surface area (TPSA) is 62.2 Å². The Kier molecular flexibility index (Phi) is 4.76. The van der Waals surface area contributed by atoms with Gasteiger partial charge in [0.05, 0.1) is 5.60 Å². The fourth-order valence-electron chi connectivity index (χ4n) is 9.98. The van der Waals surface area contributed by atoms with E-state index >= 15 is 0 Å². The standard InChI is InChI=1S/C31H45NO4/c1-27(2,3)28(4,34)22-17-29-13-14-31(22,35-5)26-30(29)12-6-7-15-32(18-19-8-9-19)23(29)16-20-10-11-21(33)25(36-26)24(20)30/h10-11,19,22-23,26,33-34H,6-9,12-18H2,1-5H3/t22-,23-,26-,28+,29-,30+,31?/m1/s1. The molecule has 1 aromatic rings. The van der Waals surface area contributed by atoms with Crippen LogP contribution in [0.1, 0.15) is 90.2 Å². The molecule has 198 valence electrons. The lowest BCUT2D eigenvalue weighted by Gasteiger charge is -2.74. The van der Waals surface area contributed by atoms with E-state index in [-0.39, 0.29) is 34.0 Å². The summed E-state index contributed by atoms with van der Waals surface area (Å²) in [4.78, 5) is 2.87. The molecular formula is C31H45NO4. The van der Waals surface area contributed by atoms with Gasteiger partial charge in [0.2, 0.25) is 0 Å². The molecule has 5 heteroatoms. The Morgan fingerprint density at radius 2 is 1.89 bits per heavy atom. The maximum Gasteiger partial charge on any atom is 0.165 e. The fourth-order valence-corrected chi connectivity index (χ4v) is 9.98. The number of nitrogens with zero attached hydrogens (tertiary/aromatic N) is 1. The zero-order valence-electron chi connectivity index (χ0n) is 22.9. The summed E-state index contributed by atoms with van der Waals surface area (Å²) in [5, 5.41) is 23.4. The second kappa shape index (κ2) is 7.21. The molecule has 1 saturated heterocycles. The van der Waals surface area contributed by atoms with Crippen LogP contribution in [0.2, 0.25) is 0 Å². The van der Waals surface area contributed by atoms with Crippen LogP contribution in [-0.2, 0) is 16.6 Å². The highest BCUT2D eigenvalue weighted by Gasteiger charge is 2.81. The lowest BCUT2D eigenvalue weighted by Crippen LogP contribution is -2.81. The van der Waals surface area contributed by atoms with Crippen LogP contribution in [0.4, 0.5) is 0 Å². The first-order valence-electron chi connectivity index (χ1n) is 14.6. The van der Waals surface area contributed by atoms with E-state index in [0.717, 1.165) is 38.0 Å². The summed E-state index contributed by atoms with van der Waals surface area (Å²) < 4.78 is 13.6. The number of likely N-dealkylation sites (tertiary alicyclic amines) is 1. The first kappa shape index (κ1) is 23.8. The van der Waals surface area contributed by atoms with Gasteiger partial charge in [-0.15, -0.1) is 0 Å². The van der Waals surface area contributed by atoms with E-state index in [1.165, 1.54) is 49.9 Å². The first-order valence-corrected chi connectivity index (χ1v) is 14.6. The number of phenolic OH excluding ortho intramolecular Hbond substituents is 1. The van der Waals surface area contributed by atoms with Gasteiger partial charge in [-0.1, -0.05) is 33.3 Å². The highest BCUT2D eigenvalue weighted by atomic mass is 16.6. The Labute approximate surface area is 216 Å². The van der Waals surface area contributed by atoms with Crippen LogP contribution < -0.4 is 4.74 Å². The van der Waals surface area contributed by atoms with Crippen molar-refractivity contribution in [3.05, 3.63) is 23.3 Å². The summed E-state index contributed by atoms with van der Waals surface area (Å²) in [5.41, 5.74) is 0.726. The lowest BCUT2D eigenvalue weighted by atomic mass is 9.33. The van der Waals surface area contributed by atoms with E-state index < -0.39 is 11.2 Å². The SMILES string of the molecule is COC12CC[C@@]3(C[C@@H]1[C@](C)(O)C(C)(C)C)[C@H]1Cc4ccc(O)c5c4[C@@]3(CCCCN1CC1CC1)[C@H]2O5. The molecule has 2 heterocycles. The number of phenols is 1. The van der Waals surface area contributed by atoms with Crippen molar-refractivity contribution in [2.75, 3.05) is 20.2 Å². The molecule has 2 aliphatic heterocycles. The molecule has 5 aliphatic carbocycles. The Morgan fingerprint density at radius 1 is 1.11 bits per heavy atom. The van der Waals surface area contributed by atoms with E-state index in [9.17, 15) is 10.2 Å². The van der Waals surface area contributed by atoms with E-state index in [0.29, 0.717) is 11.8 Å². The maximum atomic E-state index is 12.3. The highest BCUT2D eigenvalue weighted by Crippen LogP contribution is 2.77. The molecule has 8 rings (SSSR count). The van der Waals surface area contributed by atoms with Gasteiger partial charge in [-0.2, -0.15) is 0 Å². The minimum absolute atomic E-state index is 0.0131. The Bertz CT molecular complexity index is 1090. The summed E-state index contributed by atoms with van der Waals surface area (Å²) in [6, 6.07) is 4.49. The van der Waals surface area contributed by atoms with Gasteiger partial charge in [-0.25, -0.2) is 0 Å². The van der Waals surface area contributed by atoms with Crippen LogP contribution in [0.5, 0.6) is 11.5 Å². The van der Waals surface area contributed by atoms with Crippen LogP contribution in [0, 0.1) is 22.7 Å². The number of fused-ring (bicyclic) bond motifs is 2. The first-order chi connectivity index (χ1) is 17.0. The minimum atomic E-state index is -0.918. The average Bonchev–Trinajstić information content (AvgIpc) is 3.57. The zero-order chi connectivity index (χ0) is 25.3. The second-order valence-electron chi connectivity index (χ2n) is 14.5. The van der Waals surface area contributed by atoms with Crippen molar-refractivity contribution in [2.24, 2.45) is 22.7 Å². The van der Waals surface area contributed by atoms with Crippen molar-refractivity contribution < 1.29 is 19.7 Å². The number of hydrogen-bond acceptors (Lipinski definition) is 5. The third kappa shape index (κ3) is 2.63. The fraction of sp³-hybridized carbons (Fsp3) is 0.806.